The quantitative estimate of drug-likeness (QED) is 0.504. The van der Waals surface area contributed by atoms with E-state index in [4.69, 9.17) is 16.3 Å². The summed E-state index contributed by atoms with van der Waals surface area (Å²) in [5.41, 5.74) is 4.10. The van der Waals surface area contributed by atoms with Gasteiger partial charge in [0.2, 0.25) is 5.88 Å². The van der Waals surface area contributed by atoms with Crippen LogP contribution in [-0.4, -0.2) is 26.9 Å². The fraction of sp³-hybridized carbons (Fsp3) is 0.440. The lowest BCUT2D eigenvalue weighted by Gasteiger charge is -2.40. The minimum absolute atomic E-state index is 0.0450. The van der Waals surface area contributed by atoms with Gasteiger partial charge in [0.15, 0.2) is 11.5 Å². The predicted molar refractivity (Wildman–Crippen MR) is 122 cm³/mol. The van der Waals surface area contributed by atoms with Gasteiger partial charge in [0.1, 0.15) is 0 Å². The molecular weight excluding hydrogens is 386 g/mol. The Bertz CT molecular complexity index is 1130. The number of hydrogen-bond donors (Lipinski definition) is 0. The molecule has 1 aromatic carbocycles. The molecule has 4 rings (SSSR count). The first-order valence-electron chi connectivity index (χ1n) is 10.8. The van der Waals surface area contributed by atoms with Crippen LogP contribution in [0.15, 0.2) is 36.5 Å². The molecule has 1 aliphatic carbocycles. The zero-order valence-electron chi connectivity index (χ0n) is 18.9. The third-order valence-corrected chi connectivity index (χ3v) is 6.32. The molecule has 2 aromatic heterocycles. The van der Waals surface area contributed by atoms with Crippen molar-refractivity contribution >= 4 is 5.69 Å². The minimum atomic E-state index is 0.0450. The molecule has 0 aliphatic heterocycles. The summed E-state index contributed by atoms with van der Waals surface area (Å²) in [5.74, 6) is 2.68. The normalized spacial score (nSPS) is 23.4. The molecular formula is C25H29N5O. The van der Waals surface area contributed by atoms with Gasteiger partial charge in [-0.15, -0.1) is 0 Å². The second-order valence-electron chi connectivity index (χ2n) is 9.26. The summed E-state index contributed by atoms with van der Waals surface area (Å²) >= 11 is 0. The Morgan fingerprint density at radius 2 is 1.84 bits per heavy atom. The molecule has 1 saturated carbocycles. The fourth-order valence-electron chi connectivity index (χ4n) is 5.25. The summed E-state index contributed by atoms with van der Waals surface area (Å²) in [7, 11) is 3.45. The molecule has 31 heavy (non-hydrogen) atoms. The first kappa shape index (κ1) is 21.0. The summed E-state index contributed by atoms with van der Waals surface area (Å²) in [5, 5.41) is 4.53. The summed E-state index contributed by atoms with van der Waals surface area (Å²) in [4.78, 5) is 13.2. The number of methoxy groups -OCH3 is 1. The van der Waals surface area contributed by atoms with Crippen molar-refractivity contribution in [2.45, 2.75) is 45.4 Å². The van der Waals surface area contributed by atoms with Crippen LogP contribution in [-0.2, 0) is 12.5 Å². The minimum Gasteiger partial charge on any atom is -0.481 e. The maximum atomic E-state index is 7.56. The Hall–Kier alpha value is -3.20. The Morgan fingerprint density at radius 3 is 2.48 bits per heavy atom. The molecule has 0 bridgehead atoms. The topological polar surface area (TPSA) is 57.2 Å². The van der Waals surface area contributed by atoms with E-state index in [9.17, 15) is 0 Å². The van der Waals surface area contributed by atoms with E-state index in [1.807, 2.05) is 37.5 Å². The maximum absolute atomic E-state index is 7.56. The summed E-state index contributed by atoms with van der Waals surface area (Å²) in [6.07, 6.45) is 5.39. The van der Waals surface area contributed by atoms with Gasteiger partial charge in [0.25, 0.3) is 0 Å². The second kappa shape index (κ2) is 8.14. The van der Waals surface area contributed by atoms with Gasteiger partial charge in [-0.3, -0.25) is 0 Å². The average molecular weight is 416 g/mol. The summed E-state index contributed by atoms with van der Waals surface area (Å²) in [6.45, 7) is 14.6. The highest BCUT2D eigenvalue weighted by atomic mass is 16.5. The van der Waals surface area contributed by atoms with E-state index in [1.165, 1.54) is 6.42 Å². The average Bonchev–Trinajstić information content (AvgIpc) is 3.13. The van der Waals surface area contributed by atoms with Gasteiger partial charge < -0.3 is 4.74 Å². The van der Waals surface area contributed by atoms with Gasteiger partial charge in [0.05, 0.1) is 25.1 Å². The highest BCUT2D eigenvalue weighted by Crippen LogP contribution is 2.43. The molecule has 0 spiro atoms. The van der Waals surface area contributed by atoms with Crippen LogP contribution < -0.4 is 4.74 Å². The zero-order valence-corrected chi connectivity index (χ0v) is 18.9. The fourth-order valence-corrected chi connectivity index (χ4v) is 5.25. The lowest BCUT2D eigenvalue weighted by Crippen LogP contribution is -2.33. The van der Waals surface area contributed by atoms with Crippen molar-refractivity contribution in [3.63, 3.8) is 0 Å². The van der Waals surface area contributed by atoms with Crippen LogP contribution in [0.25, 0.3) is 27.5 Å². The number of ether oxygens (including phenoxy) is 1. The maximum Gasteiger partial charge on any atom is 0.211 e. The van der Waals surface area contributed by atoms with Crippen LogP contribution in [0.5, 0.6) is 5.88 Å². The Labute approximate surface area is 184 Å². The lowest BCUT2D eigenvalue weighted by molar-refractivity contribution is 0.190. The Kier molecular flexibility index (Phi) is 5.53. The third-order valence-electron chi connectivity index (χ3n) is 6.32. The summed E-state index contributed by atoms with van der Waals surface area (Å²) in [6, 6.07) is 9.62. The Morgan fingerprint density at radius 1 is 1.13 bits per heavy atom. The zero-order chi connectivity index (χ0) is 22.2. The van der Waals surface area contributed by atoms with Crippen molar-refractivity contribution in [3.05, 3.63) is 53.6 Å². The van der Waals surface area contributed by atoms with Crippen LogP contribution in [0.3, 0.4) is 0 Å². The first-order valence-corrected chi connectivity index (χ1v) is 10.8. The van der Waals surface area contributed by atoms with Crippen molar-refractivity contribution in [2.75, 3.05) is 7.11 Å². The van der Waals surface area contributed by atoms with E-state index >= 15 is 0 Å². The molecule has 6 nitrogen and oxygen atoms in total. The number of nitrogens with zero attached hydrogens (tertiary/aromatic N) is 5. The van der Waals surface area contributed by atoms with Crippen molar-refractivity contribution in [2.24, 2.45) is 18.9 Å². The molecule has 0 N–H and O–H groups in total. The number of benzene rings is 1. The first-order chi connectivity index (χ1) is 14.8. The van der Waals surface area contributed by atoms with Crippen molar-refractivity contribution in [1.82, 2.24) is 19.7 Å². The molecule has 6 heteroatoms. The number of aryl methyl sites for hydroxylation is 1. The SMILES string of the molecule is [C-]#[N+]c1cc(-c2cc(OC)n(C)n2)cc(-c2nccc(C3(C)CC(C)CC(C)C3)n2)c1. The molecule has 0 amide bonds. The monoisotopic (exact) mass is 415 g/mol. The Balaban J connectivity index is 1.76. The van der Waals surface area contributed by atoms with Crippen molar-refractivity contribution in [1.29, 1.82) is 0 Å². The van der Waals surface area contributed by atoms with Gasteiger partial charge in [-0.25, -0.2) is 19.5 Å². The number of hydrogen-bond acceptors (Lipinski definition) is 4. The van der Waals surface area contributed by atoms with E-state index < -0.39 is 0 Å². The van der Waals surface area contributed by atoms with E-state index in [0.29, 0.717) is 29.2 Å². The number of rotatable bonds is 4. The van der Waals surface area contributed by atoms with Gasteiger partial charge in [-0.1, -0.05) is 20.8 Å². The third kappa shape index (κ3) is 4.18. The highest BCUT2D eigenvalue weighted by Gasteiger charge is 2.36. The molecule has 2 atom stereocenters. The molecule has 160 valence electrons. The smallest absolute Gasteiger partial charge is 0.211 e. The van der Waals surface area contributed by atoms with E-state index in [-0.39, 0.29) is 5.41 Å². The van der Waals surface area contributed by atoms with E-state index in [1.54, 1.807) is 11.8 Å². The standard InChI is InChI=1S/C25H29N5O/c1-16-9-17(2)15-25(3,14-16)22-7-8-27-24(28-22)19-10-18(11-20(12-19)26-4)21-13-23(31-6)30(5)29-21/h7-8,10-13,16-17H,9,14-15H2,1-3,5-6H3. The van der Waals surface area contributed by atoms with Crippen LogP contribution in [0.2, 0.25) is 0 Å². The van der Waals surface area contributed by atoms with Crippen LogP contribution in [0.1, 0.15) is 45.7 Å². The molecule has 1 aliphatic rings. The van der Waals surface area contributed by atoms with E-state index in [2.05, 4.69) is 41.8 Å². The molecule has 3 aromatic rings. The van der Waals surface area contributed by atoms with Gasteiger partial charge >= 0.3 is 0 Å². The molecule has 2 heterocycles. The largest absolute Gasteiger partial charge is 0.481 e. The highest BCUT2D eigenvalue weighted by molar-refractivity contribution is 5.75. The van der Waals surface area contributed by atoms with Crippen LogP contribution in [0.4, 0.5) is 5.69 Å². The van der Waals surface area contributed by atoms with Crippen LogP contribution in [0, 0.1) is 18.4 Å². The van der Waals surface area contributed by atoms with Gasteiger partial charge in [-0.05, 0) is 60.9 Å². The van der Waals surface area contributed by atoms with Crippen LogP contribution >= 0.6 is 0 Å². The second-order valence-corrected chi connectivity index (χ2v) is 9.26. The summed E-state index contributed by atoms with van der Waals surface area (Å²) < 4.78 is 7.03. The van der Waals surface area contributed by atoms with Crippen molar-refractivity contribution < 1.29 is 4.74 Å². The van der Waals surface area contributed by atoms with Crippen molar-refractivity contribution in [3.8, 4) is 28.5 Å². The lowest BCUT2D eigenvalue weighted by atomic mass is 9.66. The predicted octanol–water partition coefficient (Wildman–Crippen LogP) is 5.82. The van der Waals surface area contributed by atoms with Gasteiger partial charge in [0, 0.05) is 30.3 Å². The molecule has 2 unspecified atom stereocenters. The molecule has 0 saturated heterocycles. The van der Waals surface area contributed by atoms with E-state index in [0.717, 1.165) is 35.4 Å². The molecule has 0 radical (unpaired) electrons. The molecule has 1 fully saturated rings. The van der Waals surface area contributed by atoms with Gasteiger partial charge in [-0.2, -0.15) is 5.10 Å². The number of aromatic nitrogens is 4.